The van der Waals surface area contributed by atoms with E-state index < -0.39 is 0 Å². The van der Waals surface area contributed by atoms with Crippen LogP contribution in [0, 0.1) is 6.92 Å². The van der Waals surface area contributed by atoms with Crippen molar-refractivity contribution in [3.05, 3.63) is 101 Å². The van der Waals surface area contributed by atoms with E-state index in [4.69, 9.17) is 9.47 Å². The molecule has 0 spiro atoms. The summed E-state index contributed by atoms with van der Waals surface area (Å²) in [7, 11) is 1.69. The van der Waals surface area contributed by atoms with Crippen LogP contribution >= 0.6 is 0 Å². The smallest absolute Gasteiger partial charge is 0.317 e. The quantitative estimate of drug-likeness (QED) is 0.445. The molecule has 6 nitrogen and oxygen atoms in total. The number of nitrogens with zero attached hydrogens (tertiary/aromatic N) is 2. The lowest BCUT2D eigenvalue weighted by molar-refractivity contribution is 0.00548. The van der Waals surface area contributed by atoms with Crippen LogP contribution in [0.2, 0.25) is 0 Å². The molecular weight excluding hydrogens is 450 g/mol. The molecule has 4 rings (SSSR count). The molecule has 0 bridgehead atoms. The summed E-state index contributed by atoms with van der Waals surface area (Å²) in [5.74, 6) is 0.827. The first-order valence-corrected chi connectivity index (χ1v) is 12.7. The van der Waals surface area contributed by atoms with Crippen LogP contribution in [0.4, 0.5) is 4.79 Å². The van der Waals surface area contributed by atoms with E-state index in [-0.39, 0.29) is 12.1 Å². The number of rotatable bonds is 10. The maximum absolute atomic E-state index is 12.7. The van der Waals surface area contributed by atoms with Crippen LogP contribution in [0.15, 0.2) is 78.9 Å². The molecule has 190 valence electrons. The van der Waals surface area contributed by atoms with Gasteiger partial charge in [0.15, 0.2) is 0 Å². The standard InChI is InChI=1S/C30H37N3O3/c1-24-11-13-26(14-12-24)23-36-29(27-9-6-10-28(21-27)35-2)22-32-17-19-33(20-18-32)30(34)31-16-15-25-7-4-3-5-8-25/h3-14,21,29H,15-20,22-23H2,1-2H3,(H,31,34). The summed E-state index contributed by atoms with van der Waals surface area (Å²) < 4.78 is 11.9. The highest BCUT2D eigenvalue weighted by Gasteiger charge is 2.24. The molecule has 2 amide bonds. The summed E-state index contributed by atoms with van der Waals surface area (Å²) in [5.41, 5.74) is 4.73. The van der Waals surface area contributed by atoms with Gasteiger partial charge in [-0.1, -0.05) is 72.3 Å². The fourth-order valence-corrected chi connectivity index (χ4v) is 4.42. The molecular formula is C30H37N3O3. The maximum atomic E-state index is 12.7. The molecule has 36 heavy (non-hydrogen) atoms. The Bertz CT molecular complexity index is 1080. The van der Waals surface area contributed by atoms with Crippen LogP contribution in [0.5, 0.6) is 5.75 Å². The van der Waals surface area contributed by atoms with E-state index in [1.165, 1.54) is 11.1 Å². The zero-order valence-corrected chi connectivity index (χ0v) is 21.4. The van der Waals surface area contributed by atoms with Crippen LogP contribution < -0.4 is 10.1 Å². The number of hydrogen-bond acceptors (Lipinski definition) is 4. The summed E-state index contributed by atoms with van der Waals surface area (Å²) in [6.45, 7) is 7.11. The van der Waals surface area contributed by atoms with Crippen molar-refractivity contribution in [1.29, 1.82) is 0 Å². The molecule has 1 heterocycles. The SMILES string of the molecule is COc1cccc(C(CN2CCN(C(=O)NCCc3ccccc3)CC2)OCc2ccc(C)cc2)c1. The van der Waals surface area contributed by atoms with Crippen molar-refractivity contribution in [2.75, 3.05) is 46.4 Å². The van der Waals surface area contributed by atoms with Crippen LogP contribution in [0.1, 0.15) is 28.4 Å². The lowest BCUT2D eigenvalue weighted by atomic mass is 10.1. The minimum Gasteiger partial charge on any atom is -0.497 e. The van der Waals surface area contributed by atoms with Crippen molar-refractivity contribution in [3.63, 3.8) is 0 Å². The molecule has 1 unspecified atom stereocenters. The van der Waals surface area contributed by atoms with E-state index >= 15 is 0 Å². The number of benzene rings is 3. The highest BCUT2D eigenvalue weighted by Crippen LogP contribution is 2.25. The van der Waals surface area contributed by atoms with Crippen LogP contribution in [-0.2, 0) is 17.8 Å². The number of urea groups is 1. The maximum Gasteiger partial charge on any atom is 0.317 e. The van der Waals surface area contributed by atoms with Crippen molar-refractivity contribution in [1.82, 2.24) is 15.1 Å². The first kappa shape index (κ1) is 25.7. The van der Waals surface area contributed by atoms with Gasteiger partial charge in [-0.05, 0) is 42.2 Å². The average Bonchev–Trinajstić information content (AvgIpc) is 2.93. The van der Waals surface area contributed by atoms with Gasteiger partial charge in [0.1, 0.15) is 5.75 Å². The molecule has 6 heteroatoms. The highest BCUT2D eigenvalue weighted by atomic mass is 16.5. The van der Waals surface area contributed by atoms with Crippen molar-refractivity contribution in [3.8, 4) is 5.75 Å². The van der Waals surface area contributed by atoms with Gasteiger partial charge >= 0.3 is 6.03 Å². The molecule has 1 saturated heterocycles. The zero-order valence-electron chi connectivity index (χ0n) is 21.4. The minimum absolute atomic E-state index is 0.0190. The number of nitrogens with one attached hydrogen (secondary N) is 1. The highest BCUT2D eigenvalue weighted by molar-refractivity contribution is 5.74. The molecule has 1 atom stereocenters. The predicted molar refractivity (Wildman–Crippen MR) is 143 cm³/mol. The summed E-state index contributed by atoms with van der Waals surface area (Å²) in [6.07, 6.45) is 0.750. The second kappa shape index (κ2) is 13.1. The molecule has 1 aliphatic rings. The Balaban J connectivity index is 1.30. The number of ether oxygens (including phenoxy) is 2. The van der Waals surface area contributed by atoms with Gasteiger partial charge in [0, 0.05) is 39.3 Å². The van der Waals surface area contributed by atoms with Gasteiger partial charge in [-0.25, -0.2) is 4.79 Å². The predicted octanol–water partition coefficient (Wildman–Crippen LogP) is 4.83. The van der Waals surface area contributed by atoms with Crippen molar-refractivity contribution in [2.24, 2.45) is 0 Å². The summed E-state index contributed by atoms with van der Waals surface area (Å²) in [4.78, 5) is 16.9. The van der Waals surface area contributed by atoms with E-state index in [0.29, 0.717) is 26.2 Å². The molecule has 1 fully saturated rings. The second-order valence-corrected chi connectivity index (χ2v) is 9.32. The Labute approximate surface area is 214 Å². The van der Waals surface area contributed by atoms with Gasteiger partial charge in [0.2, 0.25) is 0 Å². The van der Waals surface area contributed by atoms with E-state index in [0.717, 1.165) is 42.9 Å². The van der Waals surface area contributed by atoms with Gasteiger partial charge < -0.3 is 19.7 Å². The fourth-order valence-electron chi connectivity index (χ4n) is 4.42. The number of piperazine rings is 1. The molecule has 1 aliphatic heterocycles. The Morgan fingerprint density at radius 1 is 0.917 bits per heavy atom. The topological polar surface area (TPSA) is 54.0 Å². The van der Waals surface area contributed by atoms with Gasteiger partial charge in [0.25, 0.3) is 0 Å². The summed E-state index contributed by atoms with van der Waals surface area (Å²) in [5, 5.41) is 3.07. The largest absolute Gasteiger partial charge is 0.497 e. The Hall–Kier alpha value is -3.35. The van der Waals surface area contributed by atoms with E-state index in [9.17, 15) is 4.79 Å². The minimum atomic E-state index is -0.0901. The van der Waals surface area contributed by atoms with Crippen molar-refractivity contribution >= 4 is 6.03 Å². The van der Waals surface area contributed by atoms with Gasteiger partial charge in [0.05, 0.1) is 19.8 Å². The lowest BCUT2D eigenvalue weighted by Gasteiger charge is -2.36. The number of carbonyl (C=O) groups is 1. The first-order valence-electron chi connectivity index (χ1n) is 12.7. The molecule has 0 radical (unpaired) electrons. The number of carbonyl (C=O) groups excluding carboxylic acids is 1. The average molecular weight is 488 g/mol. The van der Waals surface area contributed by atoms with E-state index in [1.54, 1.807) is 7.11 Å². The van der Waals surface area contributed by atoms with Crippen LogP contribution in [0.25, 0.3) is 0 Å². The van der Waals surface area contributed by atoms with Crippen molar-refractivity contribution in [2.45, 2.75) is 26.1 Å². The molecule has 3 aromatic carbocycles. The number of methoxy groups -OCH3 is 1. The Morgan fingerprint density at radius 3 is 2.39 bits per heavy atom. The lowest BCUT2D eigenvalue weighted by Crippen LogP contribution is -2.52. The molecule has 0 aliphatic carbocycles. The number of hydrogen-bond donors (Lipinski definition) is 1. The third-order valence-corrected chi connectivity index (χ3v) is 6.65. The summed E-state index contributed by atoms with van der Waals surface area (Å²) in [6, 6.07) is 26.8. The molecule has 0 aromatic heterocycles. The normalized spacial score (nSPS) is 14.9. The van der Waals surface area contributed by atoms with Gasteiger partial charge in [-0.2, -0.15) is 0 Å². The van der Waals surface area contributed by atoms with Crippen LogP contribution in [0.3, 0.4) is 0 Å². The van der Waals surface area contributed by atoms with Crippen molar-refractivity contribution < 1.29 is 14.3 Å². The van der Waals surface area contributed by atoms with Gasteiger partial charge in [-0.15, -0.1) is 0 Å². The molecule has 3 aromatic rings. The van der Waals surface area contributed by atoms with E-state index in [2.05, 4.69) is 65.7 Å². The van der Waals surface area contributed by atoms with E-state index in [1.807, 2.05) is 35.2 Å². The Morgan fingerprint density at radius 2 is 1.67 bits per heavy atom. The molecule has 0 saturated carbocycles. The monoisotopic (exact) mass is 487 g/mol. The third kappa shape index (κ3) is 7.57. The van der Waals surface area contributed by atoms with Crippen LogP contribution in [-0.4, -0.2) is 62.2 Å². The first-order chi connectivity index (χ1) is 17.6. The van der Waals surface area contributed by atoms with Gasteiger partial charge in [-0.3, -0.25) is 4.90 Å². The summed E-state index contributed by atoms with van der Waals surface area (Å²) >= 11 is 0. The number of aryl methyl sites for hydroxylation is 1. The zero-order chi connectivity index (χ0) is 25.2. The second-order valence-electron chi connectivity index (χ2n) is 9.32. The molecule has 1 N–H and O–H groups in total. The number of amides is 2. The third-order valence-electron chi connectivity index (χ3n) is 6.65. The Kier molecular flexibility index (Phi) is 9.36. The fraction of sp³-hybridized carbons (Fsp3) is 0.367.